The molecule has 0 radical (unpaired) electrons. The summed E-state index contributed by atoms with van der Waals surface area (Å²) in [5.41, 5.74) is 5.99. The van der Waals surface area contributed by atoms with Gasteiger partial charge in [0.25, 0.3) is 0 Å². The van der Waals surface area contributed by atoms with Crippen molar-refractivity contribution in [1.82, 2.24) is 4.98 Å². The molecular weight excluding hydrogens is 399 g/mol. The summed E-state index contributed by atoms with van der Waals surface area (Å²) in [6, 6.07) is 5.21. The molecule has 6 nitrogen and oxygen atoms in total. The van der Waals surface area contributed by atoms with Gasteiger partial charge in [-0.05, 0) is 80.0 Å². The minimum absolute atomic E-state index is 0.0640. The third kappa shape index (κ3) is 5.65. The van der Waals surface area contributed by atoms with Gasteiger partial charge >= 0.3 is 7.60 Å². The summed E-state index contributed by atoms with van der Waals surface area (Å²) in [7, 11) is -3.79. The number of anilines is 1. The van der Waals surface area contributed by atoms with E-state index in [0.29, 0.717) is 28.0 Å². The highest BCUT2D eigenvalue weighted by molar-refractivity contribution is 7.58. The molecule has 0 saturated carbocycles. The number of aromatic hydroxyl groups is 1. The highest BCUT2D eigenvalue weighted by Crippen LogP contribution is 2.59. The van der Waals surface area contributed by atoms with Crippen LogP contribution in [-0.4, -0.2) is 10.1 Å². The summed E-state index contributed by atoms with van der Waals surface area (Å²) in [4.78, 5) is 4.29. The Labute approximate surface area is 179 Å². The normalized spacial score (nSPS) is 14.1. The third-order valence-corrected chi connectivity index (χ3v) is 6.92. The van der Waals surface area contributed by atoms with Crippen molar-refractivity contribution in [3.8, 4) is 11.5 Å². The van der Waals surface area contributed by atoms with Gasteiger partial charge in [-0.1, -0.05) is 33.8 Å². The van der Waals surface area contributed by atoms with E-state index in [1.807, 2.05) is 53.7 Å². The van der Waals surface area contributed by atoms with Gasteiger partial charge in [-0.3, -0.25) is 0 Å². The Morgan fingerprint density at radius 2 is 1.70 bits per heavy atom. The lowest BCUT2D eigenvalue weighted by Gasteiger charge is -2.25. The first-order valence-corrected chi connectivity index (χ1v) is 11.7. The Kier molecular flexibility index (Phi) is 7.73. The van der Waals surface area contributed by atoms with Crippen LogP contribution in [0.4, 0.5) is 5.82 Å². The number of hydrogen-bond donors (Lipinski definition) is 2. The fourth-order valence-electron chi connectivity index (χ4n) is 3.01. The maximum Gasteiger partial charge on any atom is 0.427 e. The molecule has 0 aliphatic rings. The highest BCUT2D eigenvalue weighted by Gasteiger charge is 2.35. The largest absolute Gasteiger partial charge is 0.507 e. The van der Waals surface area contributed by atoms with Crippen LogP contribution in [0.2, 0.25) is 0 Å². The molecule has 0 amide bonds. The molecule has 164 valence electrons. The zero-order valence-electron chi connectivity index (χ0n) is 19.1. The maximum atomic E-state index is 14.1. The Balaban J connectivity index is 2.49. The fourth-order valence-corrected chi connectivity index (χ4v) is 4.96. The Hall–Kier alpha value is -2.30. The van der Waals surface area contributed by atoms with Crippen molar-refractivity contribution in [3.63, 3.8) is 0 Å². The molecule has 2 N–H and O–H groups in total. The van der Waals surface area contributed by atoms with E-state index in [1.54, 1.807) is 32.2 Å². The van der Waals surface area contributed by atoms with Crippen LogP contribution in [0.1, 0.15) is 49.9 Å². The zero-order valence-corrected chi connectivity index (χ0v) is 20.0. The molecule has 2 rings (SSSR count). The first-order chi connectivity index (χ1) is 13.9. The lowest BCUT2D eigenvalue weighted by molar-refractivity contribution is 0.319. The van der Waals surface area contributed by atoms with Gasteiger partial charge in [0.15, 0.2) is 5.82 Å². The second-order valence-electron chi connectivity index (χ2n) is 8.28. The Morgan fingerprint density at radius 1 is 1.10 bits per heavy atom. The van der Waals surface area contributed by atoms with Crippen LogP contribution in [0.5, 0.6) is 11.5 Å². The Morgan fingerprint density at radius 3 is 2.23 bits per heavy atom. The number of phenolic OH excluding ortho intramolecular Hbond substituents is 1. The van der Waals surface area contributed by atoms with Crippen LogP contribution in [-0.2, 0) is 9.19 Å². The van der Waals surface area contributed by atoms with E-state index in [-0.39, 0.29) is 17.6 Å². The fraction of sp³-hybridized carbons (Fsp3) is 0.435. The van der Waals surface area contributed by atoms with Crippen molar-refractivity contribution in [1.29, 1.82) is 0 Å². The molecule has 0 aliphatic carbocycles. The van der Waals surface area contributed by atoms with Crippen LogP contribution in [0.25, 0.3) is 0 Å². The van der Waals surface area contributed by atoms with Crippen molar-refractivity contribution in [2.75, 3.05) is 5.48 Å². The molecule has 0 fully saturated rings. The molecule has 1 aromatic heterocycles. The smallest absolute Gasteiger partial charge is 0.427 e. The molecule has 1 atom stereocenters. The van der Waals surface area contributed by atoms with Gasteiger partial charge < -0.3 is 9.63 Å². The van der Waals surface area contributed by atoms with E-state index >= 15 is 0 Å². The van der Waals surface area contributed by atoms with Gasteiger partial charge in [0, 0.05) is 6.20 Å². The molecule has 7 heteroatoms. The summed E-state index contributed by atoms with van der Waals surface area (Å²) < 4.78 is 25.8. The summed E-state index contributed by atoms with van der Waals surface area (Å²) in [6.45, 7) is 15.4. The molecule has 30 heavy (non-hydrogen) atoms. The SMILES string of the molecule is Cc1ccnc(NOP(=O)(Oc2cc(C)c(O)c(C)c2)/C(=C\C(C)C)C(C)C)c1C. The quantitative estimate of drug-likeness (QED) is 0.351. The summed E-state index contributed by atoms with van der Waals surface area (Å²) in [5, 5.41) is 10.6. The number of pyridine rings is 1. The lowest BCUT2D eigenvalue weighted by Crippen LogP contribution is -2.12. The number of aromatic nitrogens is 1. The van der Waals surface area contributed by atoms with Crippen LogP contribution in [0.15, 0.2) is 35.8 Å². The average Bonchev–Trinajstić information content (AvgIpc) is 2.65. The highest BCUT2D eigenvalue weighted by atomic mass is 31.2. The molecular formula is C23H33N2O4P. The second-order valence-corrected chi connectivity index (χ2v) is 10.2. The standard InChI is InChI=1S/C23H33N2O4P/c1-14(2)11-21(15(3)4)30(27,28-20-12-17(6)22(26)18(7)13-20)29-25-23-19(8)16(5)9-10-24-23/h9-15,26H,1-8H3,(H,24,25)/b21-11-. The van der Waals surface area contributed by atoms with Crippen LogP contribution >= 0.6 is 7.60 Å². The first-order valence-electron chi connectivity index (χ1n) is 10.1. The number of allylic oxidation sites excluding steroid dienone is 2. The van der Waals surface area contributed by atoms with Gasteiger partial charge in [-0.2, -0.15) is 4.62 Å². The van der Waals surface area contributed by atoms with Crippen LogP contribution < -0.4 is 10.0 Å². The van der Waals surface area contributed by atoms with E-state index in [0.717, 1.165) is 11.1 Å². The number of aryl methyl sites for hydroxylation is 3. The molecule has 2 aromatic rings. The van der Waals surface area contributed by atoms with Crippen LogP contribution in [0, 0.1) is 39.5 Å². The maximum absolute atomic E-state index is 14.1. The summed E-state index contributed by atoms with van der Waals surface area (Å²) in [5.74, 6) is 1.15. The molecule has 0 spiro atoms. The van der Waals surface area contributed by atoms with Gasteiger partial charge in [-0.15, -0.1) is 0 Å². The number of nitrogens with zero attached hydrogens (tertiary/aromatic N) is 1. The monoisotopic (exact) mass is 432 g/mol. The number of phenols is 1. The predicted octanol–water partition coefficient (Wildman–Crippen LogP) is 6.83. The lowest BCUT2D eigenvalue weighted by atomic mass is 10.1. The topological polar surface area (TPSA) is 80.7 Å². The molecule has 0 bridgehead atoms. The van der Waals surface area contributed by atoms with E-state index in [1.165, 1.54) is 0 Å². The minimum atomic E-state index is -3.79. The van der Waals surface area contributed by atoms with Crippen molar-refractivity contribution < 1.29 is 18.8 Å². The predicted molar refractivity (Wildman–Crippen MR) is 122 cm³/mol. The summed E-state index contributed by atoms with van der Waals surface area (Å²) >= 11 is 0. The van der Waals surface area contributed by atoms with Gasteiger partial charge in [-0.25, -0.2) is 15.0 Å². The molecule has 1 unspecified atom stereocenters. The Bertz CT molecular complexity index is 960. The molecule has 0 saturated heterocycles. The van der Waals surface area contributed by atoms with Gasteiger partial charge in [0.05, 0.1) is 5.31 Å². The summed E-state index contributed by atoms with van der Waals surface area (Å²) in [6.07, 6.45) is 3.59. The van der Waals surface area contributed by atoms with E-state index in [2.05, 4.69) is 10.5 Å². The zero-order chi connectivity index (χ0) is 22.6. The van der Waals surface area contributed by atoms with Crippen molar-refractivity contribution in [2.45, 2.75) is 55.4 Å². The average molecular weight is 433 g/mol. The van der Waals surface area contributed by atoms with Crippen molar-refractivity contribution in [2.24, 2.45) is 11.8 Å². The van der Waals surface area contributed by atoms with E-state index < -0.39 is 7.60 Å². The van der Waals surface area contributed by atoms with E-state index in [4.69, 9.17) is 9.15 Å². The number of nitrogens with one attached hydrogen (secondary N) is 1. The van der Waals surface area contributed by atoms with Gasteiger partial charge in [0.2, 0.25) is 0 Å². The molecule has 0 aliphatic heterocycles. The van der Waals surface area contributed by atoms with Crippen molar-refractivity contribution >= 4 is 13.4 Å². The minimum Gasteiger partial charge on any atom is -0.507 e. The van der Waals surface area contributed by atoms with Crippen molar-refractivity contribution in [3.05, 3.63) is 58.0 Å². The number of hydrogen-bond acceptors (Lipinski definition) is 6. The van der Waals surface area contributed by atoms with E-state index in [9.17, 15) is 9.67 Å². The third-order valence-electron chi connectivity index (χ3n) is 4.84. The molecule has 1 heterocycles. The number of rotatable bonds is 8. The molecule has 1 aromatic carbocycles. The number of benzene rings is 1. The second kappa shape index (κ2) is 9.67. The van der Waals surface area contributed by atoms with Crippen LogP contribution in [0.3, 0.4) is 0 Å². The van der Waals surface area contributed by atoms with Gasteiger partial charge in [0.1, 0.15) is 11.5 Å². The first kappa shape index (κ1) is 24.0.